The molecule has 1 aromatic heterocycles. The normalized spacial score (nSPS) is 16.2. The molecule has 2 rings (SSSR count). The van der Waals surface area contributed by atoms with Crippen LogP contribution in [0.1, 0.15) is 36.8 Å². The fraction of sp³-hybridized carbons (Fsp3) is 0.538. The molecule has 1 amide bonds. The van der Waals surface area contributed by atoms with E-state index in [2.05, 4.69) is 5.10 Å². The van der Waals surface area contributed by atoms with E-state index in [1.165, 1.54) is 0 Å². The van der Waals surface area contributed by atoms with Crippen LogP contribution in [0.5, 0.6) is 0 Å². The van der Waals surface area contributed by atoms with E-state index in [-0.39, 0.29) is 24.5 Å². The largest absolute Gasteiger partial charge is 0.328 e. The van der Waals surface area contributed by atoms with Gasteiger partial charge in [-0.2, -0.15) is 5.10 Å². The third-order valence-electron chi connectivity index (χ3n) is 3.21. The number of nitrogens with two attached hydrogens (primary N) is 1. The first-order valence-electron chi connectivity index (χ1n) is 6.23. The maximum atomic E-state index is 12.5. The summed E-state index contributed by atoms with van der Waals surface area (Å²) in [5, 5.41) is 4.33. The van der Waals surface area contributed by atoms with Gasteiger partial charge in [0, 0.05) is 18.3 Å². The van der Waals surface area contributed by atoms with Gasteiger partial charge in [0.25, 0.3) is 5.91 Å². The lowest BCUT2D eigenvalue weighted by molar-refractivity contribution is 0.0605. The summed E-state index contributed by atoms with van der Waals surface area (Å²) in [6, 6.07) is 0. The molecule has 0 atom stereocenters. The Kier molecular flexibility index (Phi) is 3.45. The van der Waals surface area contributed by atoms with Crippen molar-refractivity contribution in [2.45, 2.75) is 39.4 Å². The predicted octanol–water partition coefficient (Wildman–Crippen LogP) is 1.45. The van der Waals surface area contributed by atoms with Crippen molar-refractivity contribution in [3.63, 3.8) is 0 Å². The molecule has 5 nitrogen and oxygen atoms in total. The molecule has 2 N–H and O–H groups in total. The summed E-state index contributed by atoms with van der Waals surface area (Å²) in [4.78, 5) is 14.0. The van der Waals surface area contributed by atoms with Gasteiger partial charge in [-0.3, -0.25) is 9.48 Å². The van der Waals surface area contributed by atoms with Crippen molar-refractivity contribution in [1.82, 2.24) is 14.7 Å². The lowest BCUT2D eigenvalue weighted by Gasteiger charge is -2.31. The number of amides is 1. The van der Waals surface area contributed by atoms with Crippen LogP contribution in [0.25, 0.3) is 0 Å². The standard InChI is InChI=1S/C13H19FN4O/c1-13(2,3)18-8-11-10(12(18)19)7-17(16-11)6-9(4-14)5-15/h4,7H,5-6,8,15H2,1-3H3/b9-4+. The molecule has 1 aromatic rings. The van der Waals surface area contributed by atoms with Gasteiger partial charge in [-0.25, -0.2) is 4.39 Å². The highest BCUT2D eigenvalue weighted by molar-refractivity contribution is 5.98. The summed E-state index contributed by atoms with van der Waals surface area (Å²) in [6.45, 7) is 6.89. The van der Waals surface area contributed by atoms with Crippen LogP contribution in [-0.2, 0) is 13.1 Å². The van der Waals surface area contributed by atoms with Gasteiger partial charge in [0.1, 0.15) is 0 Å². The summed E-state index contributed by atoms with van der Waals surface area (Å²) < 4.78 is 14.1. The molecular formula is C13H19FN4O. The molecule has 0 saturated carbocycles. The van der Waals surface area contributed by atoms with Crippen LogP contribution in [0.4, 0.5) is 4.39 Å². The summed E-state index contributed by atoms with van der Waals surface area (Å²) >= 11 is 0. The van der Waals surface area contributed by atoms with E-state index in [4.69, 9.17) is 5.73 Å². The summed E-state index contributed by atoms with van der Waals surface area (Å²) in [7, 11) is 0. The van der Waals surface area contributed by atoms with Gasteiger partial charge in [-0.1, -0.05) is 0 Å². The predicted molar refractivity (Wildman–Crippen MR) is 70.1 cm³/mol. The number of hydrogen-bond donors (Lipinski definition) is 1. The SMILES string of the molecule is CC(C)(C)N1Cc2nn(C/C(=C/F)CN)cc2C1=O. The average molecular weight is 266 g/mol. The maximum absolute atomic E-state index is 12.5. The number of carbonyl (C=O) groups excluding carboxylic acids is 1. The first-order valence-corrected chi connectivity index (χ1v) is 6.23. The van der Waals surface area contributed by atoms with Gasteiger partial charge in [0.2, 0.25) is 0 Å². The van der Waals surface area contributed by atoms with Crippen LogP contribution >= 0.6 is 0 Å². The zero-order valence-corrected chi connectivity index (χ0v) is 11.5. The van der Waals surface area contributed by atoms with E-state index >= 15 is 0 Å². The maximum Gasteiger partial charge on any atom is 0.258 e. The highest BCUT2D eigenvalue weighted by Crippen LogP contribution is 2.28. The van der Waals surface area contributed by atoms with Gasteiger partial charge in [0.05, 0.1) is 30.7 Å². The van der Waals surface area contributed by atoms with Crippen LogP contribution < -0.4 is 5.73 Å². The van der Waals surface area contributed by atoms with Gasteiger partial charge >= 0.3 is 0 Å². The second-order valence-corrected chi connectivity index (χ2v) is 5.72. The molecule has 0 bridgehead atoms. The zero-order valence-electron chi connectivity index (χ0n) is 11.5. The van der Waals surface area contributed by atoms with E-state index < -0.39 is 0 Å². The minimum absolute atomic E-state index is 0.0210. The lowest BCUT2D eigenvalue weighted by Crippen LogP contribution is -2.41. The molecule has 2 heterocycles. The summed E-state index contributed by atoms with van der Waals surface area (Å²) in [5.74, 6) is -0.0210. The molecule has 19 heavy (non-hydrogen) atoms. The second-order valence-electron chi connectivity index (χ2n) is 5.72. The lowest BCUT2D eigenvalue weighted by atomic mass is 10.1. The molecule has 104 valence electrons. The Morgan fingerprint density at radius 1 is 1.58 bits per heavy atom. The van der Waals surface area contributed by atoms with E-state index in [0.29, 0.717) is 24.0 Å². The quantitative estimate of drug-likeness (QED) is 0.900. The monoisotopic (exact) mass is 266 g/mol. The number of rotatable bonds is 3. The van der Waals surface area contributed by atoms with Crippen molar-refractivity contribution in [3.05, 3.63) is 29.4 Å². The smallest absolute Gasteiger partial charge is 0.258 e. The Labute approximate surface area is 111 Å². The number of fused-ring (bicyclic) bond motifs is 1. The van der Waals surface area contributed by atoms with Gasteiger partial charge in [0.15, 0.2) is 0 Å². The third-order valence-corrected chi connectivity index (χ3v) is 3.21. The zero-order chi connectivity index (χ0) is 14.2. The average Bonchev–Trinajstić information content (AvgIpc) is 2.85. The molecule has 0 aromatic carbocycles. The van der Waals surface area contributed by atoms with Gasteiger partial charge in [-0.05, 0) is 26.3 Å². The molecule has 1 aliphatic heterocycles. The minimum Gasteiger partial charge on any atom is -0.328 e. The minimum atomic E-state index is -0.225. The number of carbonyl (C=O) groups is 1. The first kappa shape index (κ1) is 13.7. The topological polar surface area (TPSA) is 64.2 Å². The van der Waals surface area contributed by atoms with Crippen LogP contribution in [0.2, 0.25) is 0 Å². The van der Waals surface area contributed by atoms with Crippen molar-refractivity contribution < 1.29 is 9.18 Å². The van der Waals surface area contributed by atoms with Crippen molar-refractivity contribution in [3.8, 4) is 0 Å². The van der Waals surface area contributed by atoms with E-state index in [9.17, 15) is 9.18 Å². The van der Waals surface area contributed by atoms with Crippen molar-refractivity contribution in [2.24, 2.45) is 5.73 Å². The molecule has 6 heteroatoms. The molecule has 1 aliphatic rings. The second kappa shape index (κ2) is 4.77. The Morgan fingerprint density at radius 3 is 2.74 bits per heavy atom. The Balaban J connectivity index is 2.20. The van der Waals surface area contributed by atoms with E-state index in [1.54, 1.807) is 15.8 Å². The fourth-order valence-corrected chi connectivity index (χ4v) is 2.10. The van der Waals surface area contributed by atoms with Crippen molar-refractivity contribution >= 4 is 5.91 Å². The third kappa shape index (κ3) is 2.53. The molecule has 0 aliphatic carbocycles. The Bertz CT molecular complexity index is 527. The number of nitrogens with zero attached hydrogens (tertiary/aromatic N) is 3. The van der Waals surface area contributed by atoms with Gasteiger partial charge < -0.3 is 10.6 Å². The summed E-state index contributed by atoms with van der Waals surface area (Å²) in [5.41, 5.74) is 6.97. The molecular weight excluding hydrogens is 247 g/mol. The van der Waals surface area contributed by atoms with E-state index in [1.807, 2.05) is 20.8 Å². The summed E-state index contributed by atoms with van der Waals surface area (Å²) in [6.07, 6.45) is 2.17. The van der Waals surface area contributed by atoms with Crippen LogP contribution in [0.15, 0.2) is 18.1 Å². The molecule has 0 unspecified atom stereocenters. The number of hydrogen-bond acceptors (Lipinski definition) is 3. The van der Waals surface area contributed by atoms with E-state index in [0.717, 1.165) is 5.69 Å². The van der Waals surface area contributed by atoms with Crippen LogP contribution in [0.3, 0.4) is 0 Å². The number of halogens is 1. The van der Waals surface area contributed by atoms with Crippen molar-refractivity contribution in [2.75, 3.05) is 6.54 Å². The number of aromatic nitrogens is 2. The fourth-order valence-electron chi connectivity index (χ4n) is 2.10. The van der Waals surface area contributed by atoms with Crippen LogP contribution in [-0.4, -0.2) is 32.7 Å². The highest BCUT2D eigenvalue weighted by atomic mass is 19.1. The molecule has 0 radical (unpaired) electrons. The molecule has 0 fully saturated rings. The molecule has 0 saturated heterocycles. The van der Waals surface area contributed by atoms with Gasteiger partial charge in [-0.15, -0.1) is 0 Å². The van der Waals surface area contributed by atoms with Crippen LogP contribution in [0, 0.1) is 0 Å². The highest BCUT2D eigenvalue weighted by Gasteiger charge is 2.36. The van der Waals surface area contributed by atoms with Crippen molar-refractivity contribution in [1.29, 1.82) is 0 Å². The Morgan fingerprint density at radius 2 is 2.26 bits per heavy atom. The molecule has 0 spiro atoms. The Hall–Kier alpha value is -1.69. The first-order chi connectivity index (χ1) is 8.86.